The molecule has 0 saturated heterocycles. The summed E-state index contributed by atoms with van der Waals surface area (Å²) >= 11 is 0. The maximum absolute atomic E-state index is 12.5. The van der Waals surface area contributed by atoms with Crippen molar-refractivity contribution in [1.29, 1.82) is 0 Å². The highest BCUT2D eigenvalue weighted by molar-refractivity contribution is 5.91. The van der Waals surface area contributed by atoms with Crippen molar-refractivity contribution < 1.29 is 13.9 Å². The second kappa shape index (κ2) is 9.00. The van der Waals surface area contributed by atoms with Gasteiger partial charge in [0, 0.05) is 17.8 Å². The van der Waals surface area contributed by atoms with Gasteiger partial charge in [-0.05, 0) is 55.0 Å². The Morgan fingerprint density at radius 2 is 1.85 bits per heavy atom. The topological polar surface area (TPSA) is 82.2 Å². The molecule has 0 bridgehead atoms. The number of hydrogen-bond donors (Lipinski definition) is 1. The minimum Gasteiger partial charge on any atom is -0.484 e. The number of carbonyl (C=O) groups is 1. The van der Waals surface area contributed by atoms with E-state index in [2.05, 4.69) is 15.4 Å². The number of aromatic nitrogens is 3. The molecule has 0 aliphatic carbocycles. The number of rotatable bonds is 7. The van der Waals surface area contributed by atoms with E-state index in [9.17, 15) is 4.79 Å². The summed E-state index contributed by atoms with van der Waals surface area (Å²) in [7, 11) is 0. The lowest BCUT2D eigenvalue weighted by Gasteiger charge is -2.26. The molecule has 0 saturated carbocycles. The number of pyridine rings is 1. The van der Waals surface area contributed by atoms with Crippen LogP contribution >= 0.6 is 0 Å². The van der Waals surface area contributed by atoms with Crippen LogP contribution in [0.15, 0.2) is 102 Å². The summed E-state index contributed by atoms with van der Waals surface area (Å²) in [5.41, 5.74) is 2.85. The van der Waals surface area contributed by atoms with Gasteiger partial charge in [-0.2, -0.15) is 5.10 Å². The first-order valence-corrected chi connectivity index (χ1v) is 10.6. The zero-order valence-corrected chi connectivity index (χ0v) is 18.0. The predicted molar refractivity (Wildman–Crippen MR) is 124 cm³/mol. The van der Waals surface area contributed by atoms with Crippen molar-refractivity contribution >= 4 is 16.8 Å². The fourth-order valence-corrected chi connectivity index (χ4v) is 3.78. The van der Waals surface area contributed by atoms with E-state index in [-0.39, 0.29) is 17.7 Å². The van der Waals surface area contributed by atoms with E-state index in [1.165, 1.54) is 6.26 Å². The molecular weight excluding hydrogens is 416 g/mol. The molecule has 3 heterocycles. The third kappa shape index (κ3) is 4.34. The average molecular weight is 438 g/mol. The molecule has 164 valence electrons. The Morgan fingerprint density at radius 1 is 1.03 bits per heavy atom. The van der Waals surface area contributed by atoms with E-state index in [0.29, 0.717) is 5.75 Å². The molecule has 2 aromatic carbocycles. The number of nitrogens with zero attached hydrogens (tertiary/aromatic N) is 3. The number of carbonyl (C=O) groups excluding carboxylic acids is 1. The lowest BCUT2D eigenvalue weighted by Crippen LogP contribution is -2.39. The Balaban J connectivity index is 1.42. The van der Waals surface area contributed by atoms with Crippen molar-refractivity contribution in [2.24, 2.45) is 0 Å². The maximum atomic E-state index is 12.5. The summed E-state index contributed by atoms with van der Waals surface area (Å²) in [5.74, 6) is 0.662. The number of benzene rings is 2. The molecule has 5 aromatic rings. The van der Waals surface area contributed by atoms with Gasteiger partial charge < -0.3 is 14.5 Å². The van der Waals surface area contributed by atoms with Gasteiger partial charge in [0.05, 0.1) is 29.7 Å². The molecule has 0 unspecified atom stereocenters. The SMILES string of the molecule is C[C@H](NC(=O)c1ccco1)[C@@H](Oc1ccc2c(cnn2-c2ccncc2)c1)c1ccccc1. The zero-order chi connectivity index (χ0) is 22.6. The van der Waals surface area contributed by atoms with E-state index in [1.807, 2.05) is 78.5 Å². The van der Waals surface area contributed by atoms with Crippen LogP contribution in [0.25, 0.3) is 16.6 Å². The van der Waals surface area contributed by atoms with Gasteiger partial charge in [0.15, 0.2) is 5.76 Å². The fourth-order valence-electron chi connectivity index (χ4n) is 3.78. The van der Waals surface area contributed by atoms with E-state index < -0.39 is 6.10 Å². The monoisotopic (exact) mass is 438 g/mol. The first kappa shape index (κ1) is 20.5. The Labute approximate surface area is 190 Å². The van der Waals surface area contributed by atoms with E-state index in [0.717, 1.165) is 22.2 Å². The van der Waals surface area contributed by atoms with Crippen molar-refractivity contribution in [3.05, 3.63) is 109 Å². The van der Waals surface area contributed by atoms with Gasteiger partial charge in [-0.3, -0.25) is 9.78 Å². The summed E-state index contributed by atoms with van der Waals surface area (Å²) in [4.78, 5) is 16.6. The first-order valence-electron chi connectivity index (χ1n) is 10.6. The van der Waals surface area contributed by atoms with E-state index in [1.54, 1.807) is 24.5 Å². The van der Waals surface area contributed by atoms with Gasteiger partial charge >= 0.3 is 0 Å². The molecule has 0 fully saturated rings. The van der Waals surface area contributed by atoms with E-state index in [4.69, 9.17) is 9.15 Å². The quantitative estimate of drug-likeness (QED) is 0.389. The van der Waals surface area contributed by atoms with Crippen LogP contribution in [0.4, 0.5) is 0 Å². The third-order valence-corrected chi connectivity index (χ3v) is 5.40. The van der Waals surface area contributed by atoms with Crippen LogP contribution in [0.2, 0.25) is 0 Å². The van der Waals surface area contributed by atoms with Crippen molar-refractivity contribution in [3.63, 3.8) is 0 Å². The lowest BCUT2D eigenvalue weighted by atomic mass is 10.0. The first-order chi connectivity index (χ1) is 16.2. The summed E-state index contributed by atoms with van der Waals surface area (Å²) in [6.07, 6.45) is 6.36. The Bertz CT molecular complexity index is 1350. The second-order valence-electron chi connectivity index (χ2n) is 7.67. The molecule has 0 aliphatic heterocycles. The number of hydrogen-bond acceptors (Lipinski definition) is 5. The summed E-state index contributed by atoms with van der Waals surface area (Å²) in [5, 5.41) is 8.44. The van der Waals surface area contributed by atoms with Crippen LogP contribution < -0.4 is 10.1 Å². The molecule has 0 aliphatic rings. The average Bonchev–Trinajstić information content (AvgIpc) is 3.54. The second-order valence-corrected chi connectivity index (χ2v) is 7.67. The number of nitrogens with one attached hydrogen (secondary N) is 1. The highest BCUT2D eigenvalue weighted by Crippen LogP contribution is 2.29. The number of amides is 1. The van der Waals surface area contributed by atoms with Crippen LogP contribution in [0.1, 0.15) is 29.1 Å². The molecule has 7 nitrogen and oxygen atoms in total. The lowest BCUT2D eigenvalue weighted by molar-refractivity contribution is 0.0854. The molecule has 0 radical (unpaired) electrons. The van der Waals surface area contributed by atoms with Gasteiger partial charge in [0.2, 0.25) is 0 Å². The molecule has 5 rings (SSSR count). The van der Waals surface area contributed by atoms with Gasteiger partial charge in [-0.25, -0.2) is 4.68 Å². The Kier molecular flexibility index (Phi) is 5.59. The third-order valence-electron chi connectivity index (χ3n) is 5.40. The van der Waals surface area contributed by atoms with E-state index >= 15 is 0 Å². The maximum Gasteiger partial charge on any atom is 0.287 e. The largest absolute Gasteiger partial charge is 0.484 e. The van der Waals surface area contributed by atoms with Crippen LogP contribution in [0, 0.1) is 0 Å². The molecule has 1 N–H and O–H groups in total. The number of furan rings is 1. The molecule has 0 spiro atoms. The van der Waals surface area contributed by atoms with Gasteiger partial charge in [0.25, 0.3) is 5.91 Å². The van der Waals surface area contributed by atoms with Crippen LogP contribution in [0.3, 0.4) is 0 Å². The Morgan fingerprint density at radius 3 is 2.61 bits per heavy atom. The Hall–Kier alpha value is -4.39. The summed E-state index contributed by atoms with van der Waals surface area (Å²) in [6.45, 7) is 1.92. The van der Waals surface area contributed by atoms with Crippen LogP contribution in [-0.2, 0) is 0 Å². The minimum atomic E-state index is -0.405. The minimum absolute atomic E-state index is 0.263. The zero-order valence-electron chi connectivity index (χ0n) is 18.0. The van der Waals surface area contributed by atoms with Crippen LogP contribution in [-0.4, -0.2) is 26.7 Å². The van der Waals surface area contributed by atoms with Crippen molar-refractivity contribution in [1.82, 2.24) is 20.1 Å². The number of fused-ring (bicyclic) bond motifs is 1. The summed E-state index contributed by atoms with van der Waals surface area (Å²) < 4.78 is 13.5. The van der Waals surface area contributed by atoms with Gasteiger partial charge in [0.1, 0.15) is 11.9 Å². The van der Waals surface area contributed by atoms with Crippen molar-refractivity contribution in [2.45, 2.75) is 19.1 Å². The summed E-state index contributed by atoms with van der Waals surface area (Å²) in [6, 6.07) is 22.5. The fraction of sp³-hybridized carbons (Fsp3) is 0.115. The predicted octanol–water partition coefficient (Wildman–Crippen LogP) is 4.95. The molecular formula is C26H22N4O3. The van der Waals surface area contributed by atoms with Crippen LogP contribution in [0.5, 0.6) is 5.75 Å². The normalized spacial score (nSPS) is 12.9. The molecule has 3 aromatic heterocycles. The van der Waals surface area contributed by atoms with Crippen molar-refractivity contribution in [3.8, 4) is 11.4 Å². The van der Waals surface area contributed by atoms with Crippen molar-refractivity contribution in [2.75, 3.05) is 0 Å². The number of ether oxygens (including phenoxy) is 1. The smallest absolute Gasteiger partial charge is 0.287 e. The standard InChI is InChI=1S/C26H22N4O3/c1-18(29-26(31)24-8-5-15-32-24)25(19-6-3-2-4-7-19)33-22-9-10-23-20(16-22)17-28-30(23)21-11-13-27-14-12-21/h2-18,25H,1H3,(H,29,31)/t18-,25+/m0/s1. The molecule has 33 heavy (non-hydrogen) atoms. The highest BCUT2D eigenvalue weighted by atomic mass is 16.5. The highest BCUT2D eigenvalue weighted by Gasteiger charge is 2.24. The molecule has 1 amide bonds. The molecule has 2 atom stereocenters. The van der Waals surface area contributed by atoms with Gasteiger partial charge in [-0.15, -0.1) is 0 Å². The van der Waals surface area contributed by atoms with Gasteiger partial charge in [-0.1, -0.05) is 30.3 Å². The molecule has 7 heteroatoms.